The smallest absolute Gasteiger partial charge is 0.233 e. The molecule has 0 aliphatic rings. The Morgan fingerprint density at radius 3 is 2.35 bits per heavy atom. The van der Waals surface area contributed by atoms with Crippen LogP contribution in [0.4, 0.5) is 14.5 Å². The number of hydrogen-bond acceptors (Lipinski definition) is 2. The second-order valence-electron chi connectivity index (χ2n) is 5.05. The second-order valence-corrected chi connectivity index (χ2v) is 5.05. The maximum atomic E-state index is 13.0. The molecule has 0 fully saturated rings. The van der Waals surface area contributed by atoms with Crippen LogP contribution >= 0.6 is 0 Å². The molecule has 0 saturated heterocycles. The fraction of sp³-hybridized carbons (Fsp3) is 0.176. The number of carbonyl (C=O) groups excluding carboxylic acids is 2. The van der Waals surface area contributed by atoms with Gasteiger partial charge in [-0.2, -0.15) is 0 Å². The molecular weight excluding hydrogens is 302 g/mol. The predicted octanol–water partition coefficient (Wildman–Crippen LogP) is 3.17. The molecule has 1 atom stereocenters. The Labute approximate surface area is 132 Å². The average molecular weight is 318 g/mol. The lowest BCUT2D eigenvalue weighted by Crippen LogP contribution is -2.30. The molecule has 23 heavy (non-hydrogen) atoms. The van der Waals surface area contributed by atoms with Crippen molar-refractivity contribution in [3.8, 4) is 0 Å². The number of amides is 2. The Kier molecular flexibility index (Phi) is 5.41. The van der Waals surface area contributed by atoms with E-state index in [1.807, 2.05) is 30.3 Å². The lowest BCUT2D eigenvalue weighted by molar-refractivity contribution is -0.127. The zero-order chi connectivity index (χ0) is 16.8. The molecule has 0 aliphatic carbocycles. The molecule has 0 aliphatic heterocycles. The Hall–Kier alpha value is -2.76. The van der Waals surface area contributed by atoms with E-state index in [9.17, 15) is 18.4 Å². The first-order valence-corrected chi connectivity index (χ1v) is 7.05. The number of hydrogen-bond donors (Lipinski definition) is 2. The summed E-state index contributed by atoms with van der Waals surface area (Å²) in [4.78, 5) is 23.6. The van der Waals surface area contributed by atoms with E-state index in [0.29, 0.717) is 0 Å². The van der Waals surface area contributed by atoms with Crippen LogP contribution in [-0.2, 0) is 9.59 Å². The first kappa shape index (κ1) is 16.6. The summed E-state index contributed by atoms with van der Waals surface area (Å²) in [5.41, 5.74) is 1.01. The van der Waals surface area contributed by atoms with E-state index in [1.165, 1.54) is 6.07 Å². The summed E-state index contributed by atoms with van der Waals surface area (Å²) in [5.74, 6) is -3.13. The number of halogens is 2. The minimum absolute atomic E-state index is 0.0952. The van der Waals surface area contributed by atoms with Crippen molar-refractivity contribution in [3.05, 3.63) is 65.7 Å². The molecule has 0 bridgehead atoms. The van der Waals surface area contributed by atoms with E-state index in [-0.39, 0.29) is 11.7 Å². The maximum Gasteiger partial charge on any atom is 0.233 e. The average Bonchev–Trinajstić information content (AvgIpc) is 2.51. The zero-order valence-corrected chi connectivity index (χ0v) is 12.5. The summed E-state index contributed by atoms with van der Waals surface area (Å²) >= 11 is 0. The number of benzene rings is 2. The molecule has 0 aromatic heterocycles. The van der Waals surface area contributed by atoms with Gasteiger partial charge in [-0.1, -0.05) is 30.3 Å². The van der Waals surface area contributed by atoms with Crippen molar-refractivity contribution in [1.82, 2.24) is 5.32 Å². The molecule has 0 spiro atoms. The normalized spacial score (nSPS) is 11.6. The van der Waals surface area contributed by atoms with E-state index >= 15 is 0 Å². The lowest BCUT2D eigenvalue weighted by atomic mass is 10.1. The van der Waals surface area contributed by atoms with E-state index in [0.717, 1.165) is 17.7 Å². The van der Waals surface area contributed by atoms with Gasteiger partial charge in [-0.15, -0.1) is 0 Å². The SMILES string of the molecule is CC(NC(=O)CC(=O)Nc1ccc(F)c(F)c1)c1ccccc1. The first-order chi connectivity index (χ1) is 11.0. The summed E-state index contributed by atoms with van der Waals surface area (Å²) in [6, 6.07) is 12.1. The van der Waals surface area contributed by atoms with Gasteiger partial charge in [0.1, 0.15) is 6.42 Å². The van der Waals surface area contributed by atoms with Crippen molar-refractivity contribution >= 4 is 17.5 Å². The Morgan fingerprint density at radius 2 is 1.70 bits per heavy atom. The van der Waals surface area contributed by atoms with Crippen LogP contribution in [0.25, 0.3) is 0 Å². The summed E-state index contributed by atoms with van der Waals surface area (Å²) < 4.78 is 25.8. The topological polar surface area (TPSA) is 58.2 Å². The van der Waals surface area contributed by atoms with E-state index < -0.39 is 29.9 Å². The van der Waals surface area contributed by atoms with Crippen molar-refractivity contribution < 1.29 is 18.4 Å². The summed E-state index contributed by atoms with van der Waals surface area (Å²) in [6.45, 7) is 1.81. The molecule has 6 heteroatoms. The summed E-state index contributed by atoms with van der Waals surface area (Å²) in [6.07, 6.45) is -0.407. The van der Waals surface area contributed by atoms with Gasteiger partial charge in [0.25, 0.3) is 0 Å². The number of carbonyl (C=O) groups is 2. The van der Waals surface area contributed by atoms with Crippen LogP contribution in [0.5, 0.6) is 0 Å². The molecule has 4 nitrogen and oxygen atoms in total. The molecule has 1 unspecified atom stereocenters. The molecular formula is C17H16F2N2O2. The highest BCUT2D eigenvalue weighted by Gasteiger charge is 2.14. The van der Waals surface area contributed by atoms with Crippen LogP contribution < -0.4 is 10.6 Å². The minimum Gasteiger partial charge on any atom is -0.349 e. The van der Waals surface area contributed by atoms with Gasteiger partial charge in [-0.05, 0) is 24.6 Å². The van der Waals surface area contributed by atoms with Gasteiger partial charge in [0, 0.05) is 11.8 Å². The van der Waals surface area contributed by atoms with Crippen LogP contribution in [0.2, 0.25) is 0 Å². The fourth-order valence-electron chi connectivity index (χ4n) is 2.04. The minimum atomic E-state index is -1.06. The molecule has 2 aromatic carbocycles. The lowest BCUT2D eigenvalue weighted by Gasteiger charge is -2.14. The van der Waals surface area contributed by atoms with Gasteiger partial charge in [-0.25, -0.2) is 8.78 Å². The first-order valence-electron chi connectivity index (χ1n) is 7.05. The third-order valence-electron chi connectivity index (χ3n) is 3.20. The standard InChI is InChI=1S/C17H16F2N2O2/c1-11(12-5-3-2-4-6-12)20-16(22)10-17(23)21-13-7-8-14(18)15(19)9-13/h2-9,11H,10H2,1H3,(H,20,22)(H,21,23). The Bertz CT molecular complexity index is 705. The highest BCUT2D eigenvalue weighted by Crippen LogP contribution is 2.14. The van der Waals surface area contributed by atoms with Crippen LogP contribution in [0.15, 0.2) is 48.5 Å². The summed E-state index contributed by atoms with van der Waals surface area (Å²) in [7, 11) is 0. The summed E-state index contributed by atoms with van der Waals surface area (Å²) in [5, 5.41) is 5.05. The van der Waals surface area contributed by atoms with Crippen LogP contribution in [-0.4, -0.2) is 11.8 Å². The van der Waals surface area contributed by atoms with Crippen molar-refractivity contribution in [1.29, 1.82) is 0 Å². The van der Waals surface area contributed by atoms with Gasteiger partial charge in [0.15, 0.2) is 11.6 Å². The second kappa shape index (κ2) is 7.49. The van der Waals surface area contributed by atoms with Crippen LogP contribution in [0.1, 0.15) is 24.9 Å². The number of nitrogens with one attached hydrogen (secondary N) is 2. The molecule has 0 saturated carbocycles. The monoisotopic (exact) mass is 318 g/mol. The van der Waals surface area contributed by atoms with Gasteiger partial charge in [0.2, 0.25) is 11.8 Å². The van der Waals surface area contributed by atoms with Crippen LogP contribution in [0.3, 0.4) is 0 Å². The number of anilines is 1. The quantitative estimate of drug-likeness (QED) is 0.832. The molecule has 120 valence electrons. The largest absolute Gasteiger partial charge is 0.349 e. The van der Waals surface area contributed by atoms with E-state index in [2.05, 4.69) is 10.6 Å². The van der Waals surface area contributed by atoms with Gasteiger partial charge >= 0.3 is 0 Å². The molecule has 2 amide bonds. The fourth-order valence-corrected chi connectivity index (χ4v) is 2.04. The molecule has 2 aromatic rings. The molecule has 0 radical (unpaired) electrons. The third-order valence-corrected chi connectivity index (χ3v) is 3.20. The predicted molar refractivity (Wildman–Crippen MR) is 82.6 cm³/mol. The Balaban J connectivity index is 1.87. The zero-order valence-electron chi connectivity index (χ0n) is 12.5. The Morgan fingerprint density at radius 1 is 1.00 bits per heavy atom. The molecule has 2 N–H and O–H groups in total. The van der Waals surface area contributed by atoms with Crippen molar-refractivity contribution in [3.63, 3.8) is 0 Å². The molecule has 0 heterocycles. The van der Waals surface area contributed by atoms with Gasteiger partial charge in [-0.3, -0.25) is 9.59 Å². The molecule has 2 rings (SSSR count). The highest BCUT2D eigenvalue weighted by atomic mass is 19.2. The number of rotatable bonds is 5. The van der Waals surface area contributed by atoms with Crippen molar-refractivity contribution in [2.75, 3.05) is 5.32 Å². The third kappa shape index (κ3) is 4.88. The van der Waals surface area contributed by atoms with Crippen LogP contribution in [0, 0.1) is 11.6 Å². The van der Waals surface area contributed by atoms with Crippen molar-refractivity contribution in [2.45, 2.75) is 19.4 Å². The van der Waals surface area contributed by atoms with Gasteiger partial charge < -0.3 is 10.6 Å². The maximum absolute atomic E-state index is 13.0. The van der Waals surface area contributed by atoms with Gasteiger partial charge in [0.05, 0.1) is 6.04 Å². The van der Waals surface area contributed by atoms with E-state index in [1.54, 1.807) is 6.92 Å². The highest BCUT2D eigenvalue weighted by molar-refractivity contribution is 6.03. The van der Waals surface area contributed by atoms with E-state index in [4.69, 9.17) is 0 Å². The van der Waals surface area contributed by atoms with Crippen molar-refractivity contribution in [2.24, 2.45) is 0 Å².